The number of aromatic nitrogens is 2. The highest BCUT2D eigenvalue weighted by molar-refractivity contribution is 5.18. The summed E-state index contributed by atoms with van der Waals surface area (Å²) in [5, 5.41) is 4.59. The number of nitrogens with zero attached hydrogens (tertiary/aromatic N) is 2. The number of hydrogen-bond donors (Lipinski definition) is 1. The van der Waals surface area contributed by atoms with Gasteiger partial charge in [0.05, 0.1) is 5.69 Å². The quantitative estimate of drug-likeness (QED) is 0.825. The lowest BCUT2D eigenvalue weighted by Gasteiger charge is -2.19. The van der Waals surface area contributed by atoms with E-state index in [2.05, 4.69) is 43.5 Å². The summed E-state index contributed by atoms with van der Waals surface area (Å²) < 4.78 is 2.10. The van der Waals surface area contributed by atoms with Crippen molar-refractivity contribution in [3.8, 4) is 0 Å². The molecule has 0 aromatic carbocycles. The van der Waals surface area contributed by atoms with Gasteiger partial charge in [0.1, 0.15) is 0 Å². The zero-order chi connectivity index (χ0) is 11.5. The molecular formula is C12H23N3. The van der Waals surface area contributed by atoms with Crippen molar-refractivity contribution >= 4 is 0 Å². The number of hydrogen-bond acceptors (Lipinski definition) is 2. The topological polar surface area (TPSA) is 43.8 Å². The molecule has 0 amide bonds. The van der Waals surface area contributed by atoms with E-state index in [4.69, 9.17) is 5.73 Å². The van der Waals surface area contributed by atoms with Crippen LogP contribution in [0.15, 0.2) is 6.07 Å². The molecule has 0 saturated heterocycles. The van der Waals surface area contributed by atoms with Crippen LogP contribution in [0.1, 0.15) is 45.5 Å². The van der Waals surface area contributed by atoms with Crippen molar-refractivity contribution in [3.63, 3.8) is 0 Å². The lowest BCUT2D eigenvalue weighted by molar-refractivity contribution is 0.496. The Labute approximate surface area is 92.7 Å². The van der Waals surface area contributed by atoms with Gasteiger partial charge in [0.15, 0.2) is 0 Å². The van der Waals surface area contributed by atoms with E-state index in [1.165, 1.54) is 11.4 Å². The first-order chi connectivity index (χ1) is 6.99. The highest BCUT2D eigenvalue weighted by atomic mass is 15.3. The SMILES string of the molecule is CCn1nc(CCCN)cc1C(C)(C)C. The van der Waals surface area contributed by atoms with Gasteiger partial charge < -0.3 is 5.73 Å². The first kappa shape index (κ1) is 12.2. The standard InChI is InChI=1S/C12H23N3/c1-5-15-11(12(2,3)4)9-10(14-15)7-6-8-13/h9H,5-8,13H2,1-4H3. The van der Waals surface area contributed by atoms with Gasteiger partial charge in [0.25, 0.3) is 0 Å². The summed E-state index contributed by atoms with van der Waals surface area (Å²) in [6.07, 6.45) is 2.01. The van der Waals surface area contributed by atoms with Crippen LogP contribution in [0.5, 0.6) is 0 Å². The predicted octanol–water partition coefficient (Wildman–Crippen LogP) is 2.09. The molecule has 0 radical (unpaired) electrons. The number of aryl methyl sites for hydroxylation is 2. The van der Waals surface area contributed by atoms with Crippen molar-refractivity contribution in [1.29, 1.82) is 0 Å². The predicted molar refractivity (Wildman–Crippen MR) is 64.0 cm³/mol. The molecule has 2 N–H and O–H groups in total. The summed E-state index contributed by atoms with van der Waals surface area (Å²) in [4.78, 5) is 0. The molecule has 0 aliphatic rings. The van der Waals surface area contributed by atoms with Gasteiger partial charge in [-0.05, 0) is 32.4 Å². The highest BCUT2D eigenvalue weighted by Gasteiger charge is 2.19. The van der Waals surface area contributed by atoms with Gasteiger partial charge in [-0.25, -0.2) is 0 Å². The van der Waals surface area contributed by atoms with E-state index in [-0.39, 0.29) is 5.41 Å². The van der Waals surface area contributed by atoms with E-state index in [1.807, 2.05) is 0 Å². The van der Waals surface area contributed by atoms with Crippen LogP contribution in [-0.2, 0) is 18.4 Å². The van der Waals surface area contributed by atoms with Crippen molar-refractivity contribution in [3.05, 3.63) is 17.5 Å². The molecule has 0 saturated carbocycles. The Morgan fingerprint density at radius 1 is 1.40 bits per heavy atom. The zero-order valence-electron chi connectivity index (χ0n) is 10.4. The Balaban J connectivity index is 2.90. The Morgan fingerprint density at radius 3 is 2.47 bits per heavy atom. The maximum atomic E-state index is 5.50. The van der Waals surface area contributed by atoms with E-state index in [9.17, 15) is 0 Å². The molecule has 15 heavy (non-hydrogen) atoms. The zero-order valence-corrected chi connectivity index (χ0v) is 10.4. The fourth-order valence-electron chi connectivity index (χ4n) is 1.72. The Hall–Kier alpha value is -0.830. The third-order valence-corrected chi connectivity index (χ3v) is 2.54. The van der Waals surface area contributed by atoms with E-state index < -0.39 is 0 Å². The molecule has 0 bridgehead atoms. The summed E-state index contributed by atoms with van der Waals surface area (Å²) >= 11 is 0. The summed E-state index contributed by atoms with van der Waals surface area (Å²) in [6, 6.07) is 2.22. The average Bonchev–Trinajstić information content (AvgIpc) is 2.57. The Kier molecular flexibility index (Phi) is 3.91. The number of rotatable bonds is 4. The van der Waals surface area contributed by atoms with Gasteiger partial charge in [-0.3, -0.25) is 4.68 Å². The lowest BCUT2D eigenvalue weighted by Crippen LogP contribution is -2.17. The van der Waals surface area contributed by atoms with Crippen LogP contribution in [0.25, 0.3) is 0 Å². The van der Waals surface area contributed by atoms with Crippen LogP contribution < -0.4 is 5.73 Å². The molecule has 0 aliphatic carbocycles. The number of nitrogens with two attached hydrogens (primary N) is 1. The van der Waals surface area contributed by atoms with Gasteiger partial charge in [-0.15, -0.1) is 0 Å². The van der Waals surface area contributed by atoms with Gasteiger partial charge >= 0.3 is 0 Å². The van der Waals surface area contributed by atoms with Crippen LogP contribution in [0.4, 0.5) is 0 Å². The minimum absolute atomic E-state index is 0.171. The molecule has 1 aromatic heterocycles. The van der Waals surface area contributed by atoms with Crippen LogP contribution in [0, 0.1) is 0 Å². The van der Waals surface area contributed by atoms with Gasteiger partial charge in [0.2, 0.25) is 0 Å². The fraction of sp³-hybridized carbons (Fsp3) is 0.750. The van der Waals surface area contributed by atoms with Crippen molar-refractivity contribution in [1.82, 2.24) is 9.78 Å². The summed E-state index contributed by atoms with van der Waals surface area (Å²) in [5.74, 6) is 0. The van der Waals surface area contributed by atoms with Crippen molar-refractivity contribution in [2.75, 3.05) is 6.54 Å². The molecule has 1 aromatic rings. The maximum Gasteiger partial charge on any atom is 0.0628 e. The molecule has 0 spiro atoms. The van der Waals surface area contributed by atoms with E-state index in [0.29, 0.717) is 0 Å². The molecule has 0 fully saturated rings. The lowest BCUT2D eigenvalue weighted by atomic mass is 9.91. The Morgan fingerprint density at radius 2 is 2.07 bits per heavy atom. The molecular weight excluding hydrogens is 186 g/mol. The monoisotopic (exact) mass is 209 g/mol. The molecule has 1 rings (SSSR count). The van der Waals surface area contributed by atoms with Gasteiger partial charge in [0, 0.05) is 17.7 Å². The molecule has 3 nitrogen and oxygen atoms in total. The van der Waals surface area contributed by atoms with E-state index >= 15 is 0 Å². The van der Waals surface area contributed by atoms with Crippen LogP contribution in [0.2, 0.25) is 0 Å². The maximum absolute atomic E-state index is 5.50. The average molecular weight is 209 g/mol. The van der Waals surface area contributed by atoms with Crippen molar-refractivity contribution < 1.29 is 0 Å². The first-order valence-electron chi connectivity index (χ1n) is 5.76. The normalized spacial score (nSPS) is 12.1. The third kappa shape index (κ3) is 3.06. The van der Waals surface area contributed by atoms with Gasteiger partial charge in [-0.1, -0.05) is 20.8 Å². The summed E-state index contributed by atoms with van der Waals surface area (Å²) in [5.41, 5.74) is 8.17. The van der Waals surface area contributed by atoms with Crippen LogP contribution >= 0.6 is 0 Å². The minimum atomic E-state index is 0.171. The smallest absolute Gasteiger partial charge is 0.0628 e. The summed E-state index contributed by atoms with van der Waals surface area (Å²) in [6.45, 7) is 10.5. The highest BCUT2D eigenvalue weighted by Crippen LogP contribution is 2.23. The second kappa shape index (κ2) is 4.79. The minimum Gasteiger partial charge on any atom is -0.330 e. The van der Waals surface area contributed by atoms with Crippen molar-refractivity contribution in [2.45, 2.75) is 52.5 Å². The Bertz CT molecular complexity index is 307. The second-order valence-electron chi connectivity index (χ2n) is 4.98. The molecule has 1 heterocycles. The molecule has 0 atom stereocenters. The molecule has 86 valence electrons. The first-order valence-corrected chi connectivity index (χ1v) is 5.76. The van der Waals surface area contributed by atoms with Gasteiger partial charge in [-0.2, -0.15) is 5.10 Å². The van der Waals surface area contributed by atoms with E-state index in [0.717, 1.165) is 25.9 Å². The van der Waals surface area contributed by atoms with E-state index in [1.54, 1.807) is 0 Å². The third-order valence-electron chi connectivity index (χ3n) is 2.54. The second-order valence-corrected chi connectivity index (χ2v) is 4.98. The summed E-state index contributed by atoms with van der Waals surface area (Å²) in [7, 11) is 0. The van der Waals surface area contributed by atoms with Crippen LogP contribution in [-0.4, -0.2) is 16.3 Å². The fourth-order valence-corrected chi connectivity index (χ4v) is 1.72. The molecule has 3 heteroatoms. The van der Waals surface area contributed by atoms with Crippen LogP contribution in [0.3, 0.4) is 0 Å². The molecule has 0 unspecified atom stereocenters. The largest absolute Gasteiger partial charge is 0.330 e. The molecule has 0 aliphatic heterocycles. The van der Waals surface area contributed by atoms with Crippen molar-refractivity contribution in [2.24, 2.45) is 5.73 Å².